The fourth-order valence-electron chi connectivity index (χ4n) is 1.13. The molecule has 0 aliphatic rings. The molecule has 0 aliphatic heterocycles. The molecule has 80 valence electrons. The van der Waals surface area contributed by atoms with Gasteiger partial charge in [0.2, 0.25) is 0 Å². The van der Waals surface area contributed by atoms with Crippen molar-refractivity contribution in [1.29, 1.82) is 0 Å². The van der Waals surface area contributed by atoms with E-state index in [4.69, 9.17) is 0 Å². The van der Waals surface area contributed by atoms with Gasteiger partial charge in [-0.15, -0.1) is 0 Å². The molecule has 0 fully saturated rings. The van der Waals surface area contributed by atoms with Crippen LogP contribution in [0.25, 0.3) is 0 Å². The smallest absolute Gasteiger partial charge is 0.179 e. The quantitative estimate of drug-likeness (QED) is 0.767. The summed E-state index contributed by atoms with van der Waals surface area (Å²) in [6.07, 6.45) is 6.06. The lowest BCUT2D eigenvalue weighted by molar-refractivity contribution is 0.101. The Hall–Kier alpha value is -1.71. The van der Waals surface area contributed by atoms with E-state index >= 15 is 0 Å². The monoisotopic (exact) mass is 205 g/mol. The first-order chi connectivity index (χ1) is 7.13. The lowest BCUT2D eigenvalue weighted by atomic mass is 10.3. The molecule has 1 aromatic rings. The average Bonchev–Trinajstić information content (AvgIpc) is 2.18. The number of Topliss-reactive ketones (excluding diaryl/α,β-unsaturated/α-hetero) is 1. The van der Waals surface area contributed by atoms with E-state index in [9.17, 15) is 4.79 Å². The van der Waals surface area contributed by atoms with Gasteiger partial charge in [-0.1, -0.05) is 13.0 Å². The summed E-state index contributed by atoms with van der Waals surface area (Å²) in [5.41, 5.74) is 1.42. The molecule has 4 nitrogen and oxygen atoms in total. The number of hydrogen-bond acceptors (Lipinski definition) is 4. The first-order valence-electron chi connectivity index (χ1n) is 4.90. The van der Waals surface area contributed by atoms with E-state index in [-0.39, 0.29) is 5.78 Å². The number of ketones is 1. The summed E-state index contributed by atoms with van der Waals surface area (Å²) in [6, 6.07) is 0. The van der Waals surface area contributed by atoms with E-state index in [1.807, 2.05) is 6.92 Å². The number of carbonyl (C=O) groups excluding carboxylic acids is 1. The SMILES string of the molecule is CC/C=C(\C)Nc1cnc(C(C)=O)cn1. The van der Waals surface area contributed by atoms with E-state index in [0.29, 0.717) is 11.5 Å². The van der Waals surface area contributed by atoms with Gasteiger partial charge in [0.1, 0.15) is 11.5 Å². The number of allylic oxidation sites excluding steroid dienone is 2. The summed E-state index contributed by atoms with van der Waals surface area (Å²) in [6.45, 7) is 5.50. The second-order valence-electron chi connectivity index (χ2n) is 3.26. The Balaban J connectivity index is 2.73. The second-order valence-corrected chi connectivity index (χ2v) is 3.26. The van der Waals surface area contributed by atoms with Crippen molar-refractivity contribution in [3.63, 3.8) is 0 Å². The molecule has 1 aromatic heterocycles. The van der Waals surface area contributed by atoms with Gasteiger partial charge in [0.05, 0.1) is 12.4 Å². The molecule has 0 amide bonds. The minimum absolute atomic E-state index is 0.0742. The van der Waals surface area contributed by atoms with Crippen LogP contribution in [0.15, 0.2) is 24.2 Å². The van der Waals surface area contributed by atoms with Crippen molar-refractivity contribution in [2.75, 3.05) is 5.32 Å². The molecular weight excluding hydrogens is 190 g/mol. The van der Waals surface area contributed by atoms with Gasteiger partial charge in [-0.2, -0.15) is 0 Å². The molecule has 0 saturated heterocycles. The fourth-order valence-corrected chi connectivity index (χ4v) is 1.13. The summed E-state index contributed by atoms with van der Waals surface area (Å²) >= 11 is 0. The third-order valence-electron chi connectivity index (χ3n) is 1.85. The topological polar surface area (TPSA) is 54.9 Å². The van der Waals surface area contributed by atoms with Gasteiger partial charge in [0.25, 0.3) is 0 Å². The Morgan fingerprint density at radius 3 is 2.60 bits per heavy atom. The van der Waals surface area contributed by atoms with Crippen molar-refractivity contribution in [2.45, 2.75) is 27.2 Å². The van der Waals surface area contributed by atoms with Gasteiger partial charge in [0.15, 0.2) is 5.78 Å². The second kappa shape index (κ2) is 5.24. The summed E-state index contributed by atoms with van der Waals surface area (Å²) in [7, 11) is 0. The minimum atomic E-state index is -0.0742. The van der Waals surface area contributed by atoms with E-state index < -0.39 is 0 Å². The molecule has 0 radical (unpaired) electrons. The average molecular weight is 205 g/mol. The highest BCUT2D eigenvalue weighted by Gasteiger charge is 2.01. The molecule has 0 bridgehead atoms. The van der Waals surface area contributed by atoms with Crippen LogP contribution in [0.1, 0.15) is 37.7 Å². The Labute approximate surface area is 89.4 Å². The summed E-state index contributed by atoms with van der Waals surface area (Å²) in [5, 5.41) is 3.09. The summed E-state index contributed by atoms with van der Waals surface area (Å²) in [4.78, 5) is 19.0. The van der Waals surface area contributed by atoms with Crippen LogP contribution in [-0.4, -0.2) is 15.8 Å². The van der Waals surface area contributed by atoms with Gasteiger partial charge in [-0.25, -0.2) is 9.97 Å². The van der Waals surface area contributed by atoms with Gasteiger partial charge in [-0.05, 0) is 13.3 Å². The lowest BCUT2D eigenvalue weighted by Crippen LogP contribution is -2.02. The van der Waals surface area contributed by atoms with Gasteiger partial charge in [-0.3, -0.25) is 4.79 Å². The van der Waals surface area contributed by atoms with Crippen LogP contribution in [0.2, 0.25) is 0 Å². The van der Waals surface area contributed by atoms with Crippen LogP contribution in [0, 0.1) is 0 Å². The van der Waals surface area contributed by atoms with Crippen molar-refractivity contribution < 1.29 is 4.79 Å². The first kappa shape index (κ1) is 11.4. The predicted octanol–water partition coefficient (Wildman–Crippen LogP) is 2.40. The number of aromatic nitrogens is 2. The normalized spacial score (nSPS) is 11.3. The van der Waals surface area contributed by atoms with Crippen LogP contribution in [0.5, 0.6) is 0 Å². The number of hydrogen-bond donors (Lipinski definition) is 1. The number of rotatable bonds is 4. The zero-order chi connectivity index (χ0) is 11.3. The van der Waals surface area contributed by atoms with Crippen molar-refractivity contribution in [2.24, 2.45) is 0 Å². The molecule has 1 N–H and O–H groups in total. The number of nitrogens with one attached hydrogen (secondary N) is 1. The molecule has 1 heterocycles. The molecule has 0 saturated carbocycles. The molecule has 0 unspecified atom stereocenters. The zero-order valence-electron chi connectivity index (χ0n) is 9.24. The van der Waals surface area contributed by atoms with Crippen molar-refractivity contribution >= 4 is 11.6 Å². The molecule has 1 rings (SSSR count). The zero-order valence-corrected chi connectivity index (χ0v) is 9.24. The van der Waals surface area contributed by atoms with Crippen LogP contribution < -0.4 is 5.32 Å². The van der Waals surface area contributed by atoms with Crippen LogP contribution in [-0.2, 0) is 0 Å². The van der Waals surface area contributed by atoms with E-state index in [0.717, 1.165) is 12.1 Å². The first-order valence-corrected chi connectivity index (χ1v) is 4.90. The summed E-state index contributed by atoms with van der Waals surface area (Å²) < 4.78 is 0. The number of nitrogens with zero attached hydrogens (tertiary/aromatic N) is 2. The molecule has 0 atom stereocenters. The van der Waals surface area contributed by atoms with E-state index in [2.05, 4.69) is 28.3 Å². The van der Waals surface area contributed by atoms with Gasteiger partial charge >= 0.3 is 0 Å². The van der Waals surface area contributed by atoms with Crippen LogP contribution in [0.4, 0.5) is 5.82 Å². The third-order valence-corrected chi connectivity index (χ3v) is 1.85. The maximum atomic E-state index is 10.9. The Morgan fingerprint density at radius 2 is 2.13 bits per heavy atom. The van der Waals surface area contributed by atoms with Crippen LogP contribution >= 0.6 is 0 Å². The van der Waals surface area contributed by atoms with Crippen molar-refractivity contribution in [3.8, 4) is 0 Å². The fraction of sp³-hybridized carbons (Fsp3) is 0.364. The molecular formula is C11H15N3O. The molecule has 4 heteroatoms. The Kier molecular flexibility index (Phi) is 3.97. The van der Waals surface area contributed by atoms with Crippen LogP contribution in [0.3, 0.4) is 0 Å². The maximum Gasteiger partial charge on any atom is 0.179 e. The number of anilines is 1. The van der Waals surface area contributed by atoms with Gasteiger partial charge in [0, 0.05) is 12.6 Å². The maximum absolute atomic E-state index is 10.9. The molecule has 15 heavy (non-hydrogen) atoms. The summed E-state index contributed by atoms with van der Waals surface area (Å²) in [5.74, 6) is 0.581. The largest absolute Gasteiger partial charge is 0.343 e. The highest BCUT2D eigenvalue weighted by molar-refractivity contribution is 5.91. The molecule has 0 aliphatic carbocycles. The third kappa shape index (κ3) is 3.50. The Bertz CT molecular complexity index is 368. The highest BCUT2D eigenvalue weighted by atomic mass is 16.1. The number of carbonyl (C=O) groups is 1. The predicted molar refractivity (Wildman–Crippen MR) is 59.7 cm³/mol. The lowest BCUT2D eigenvalue weighted by Gasteiger charge is -2.04. The minimum Gasteiger partial charge on any atom is -0.343 e. The van der Waals surface area contributed by atoms with E-state index in [1.54, 1.807) is 6.20 Å². The molecule has 0 aromatic carbocycles. The molecule has 0 spiro atoms. The Morgan fingerprint density at radius 1 is 1.40 bits per heavy atom. The van der Waals surface area contributed by atoms with Crippen molar-refractivity contribution in [1.82, 2.24) is 9.97 Å². The van der Waals surface area contributed by atoms with E-state index in [1.165, 1.54) is 13.1 Å². The van der Waals surface area contributed by atoms with Crippen molar-refractivity contribution in [3.05, 3.63) is 29.9 Å². The van der Waals surface area contributed by atoms with Gasteiger partial charge < -0.3 is 5.32 Å². The standard InChI is InChI=1S/C11H15N3O/c1-4-5-8(2)14-11-7-12-10(6-13-11)9(3)15/h5-7H,4H2,1-3H3,(H,13,14)/b8-5+. The highest BCUT2D eigenvalue weighted by Crippen LogP contribution is 2.05.